The van der Waals surface area contributed by atoms with Crippen molar-refractivity contribution in [3.8, 4) is 0 Å². The summed E-state index contributed by atoms with van der Waals surface area (Å²) in [7, 11) is 0. The zero-order valence-corrected chi connectivity index (χ0v) is 11.5. The fraction of sp³-hybridized carbons (Fsp3) is 0.200. The van der Waals surface area contributed by atoms with E-state index in [-0.39, 0.29) is 11.4 Å². The standard InChI is InChI=1S/C15H17N3O2/c1-3-17(12-6-4-11(2)5-7-12)13-8-9-15(18(19)20)14(16)10-13/h4-10H,3,16H2,1-2H3. The highest BCUT2D eigenvalue weighted by Crippen LogP contribution is 2.31. The quantitative estimate of drug-likeness (QED) is 0.523. The summed E-state index contributed by atoms with van der Waals surface area (Å²) in [5, 5.41) is 10.8. The average molecular weight is 271 g/mol. The van der Waals surface area contributed by atoms with E-state index in [4.69, 9.17) is 5.73 Å². The molecule has 0 aromatic heterocycles. The third-order valence-electron chi connectivity index (χ3n) is 3.18. The first-order valence-corrected chi connectivity index (χ1v) is 6.41. The van der Waals surface area contributed by atoms with Gasteiger partial charge in [-0.15, -0.1) is 0 Å². The van der Waals surface area contributed by atoms with Crippen LogP contribution in [0.3, 0.4) is 0 Å². The van der Waals surface area contributed by atoms with Crippen LogP contribution in [-0.4, -0.2) is 11.5 Å². The highest BCUT2D eigenvalue weighted by Gasteiger charge is 2.14. The van der Waals surface area contributed by atoms with Crippen molar-refractivity contribution in [3.05, 3.63) is 58.1 Å². The van der Waals surface area contributed by atoms with Crippen molar-refractivity contribution in [2.75, 3.05) is 17.2 Å². The zero-order chi connectivity index (χ0) is 14.7. The minimum absolute atomic E-state index is 0.0614. The van der Waals surface area contributed by atoms with Gasteiger partial charge in [0.1, 0.15) is 5.69 Å². The van der Waals surface area contributed by atoms with Gasteiger partial charge in [0, 0.05) is 24.0 Å². The number of hydrogen-bond donors (Lipinski definition) is 1. The fourth-order valence-corrected chi connectivity index (χ4v) is 2.12. The highest BCUT2D eigenvalue weighted by atomic mass is 16.6. The van der Waals surface area contributed by atoms with Gasteiger partial charge in [-0.25, -0.2) is 0 Å². The number of nitro groups is 1. The molecular formula is C15H17N3O2. The minimum Gasteiger partial charge on any atom is -0.393 e. The molecule has 5 heteroatoms. The van der Waals surface area contributed by atoms with E-state index in [1.165, 1.54) is 11.6 Å². The summed E-state index contributed by atoms with van der Waals surface area (Å²) < 4.78 is 0. The Morgan fingerprint density at radius 2 is 1.75 bits per heavy atom. The Bertz CT molecular complexity index is 624. The van der Waals surface area contributed by atoms with Crippen molar-refractivity contribution >= 4 is 22.7 Å². The van der Waals surface area contributed by atoms with E-state index in [9.17, 15) is 10.1 Å². The second-order valence-electron chi connectivity index (χ2n) is 4.58. The molecule has 0 unspecified atom stereocenters. The SMILES string of the molecule is CCN(c1ccc(C)cc1)c1ccc([N+](=O)[O-])c(N)c1. The molecule has 0 bridgehead atoms. The Hall–Kier alpha value is -2.56. The number of hydrogen-bond acceptors (Lipinski definition) is 4. The number of rotatable bonds is 4. The van der Waals surface area contributed by atoms with Crippen LogP contribution in [-0.2, 0) is 0 Å². The van der Waals surface area contributed by atoms with Crippen molar-refractivity contribution in [2.45, 2.75) is 13.8 Å². The van der Waals surface area contributed by atoms with Gasteiger partial charge >= 0.3 is 0 Å². The summed E-state index contributed by atoms with van der Waals surface area (Å²) >= 11 is 0. The number of nitro benzene ring substituents is 1. The van der Waals surface area contributed by atoms with Gasteiger partial charge in [-0.05, 0) is 38.1 Å². The lowest BCUT2D eigenvalue weighted by Gasteiger charge is -2.23. The Morgan fingerprint density at radius 1 is 1.15 bits per heavy atom. The molecule has 2 aromatic carbocycles. The summed E-state index contributed by atoms with van der Waals surface area (Å²) in [6.45, 7) is 4.81. The van der Waals surface area contributed by atoms with Crippen LogP contribution in [0.25, 0.3) is 0 Å². The summed E-state index contributed by atoms with van der Waals surface area (Å²) in [6, 6.07) is 12.9. The molecule has 0 atom stereocenters. The van der Waals surface area contributed by atoms with Crippen molar-refractivity contribution in [1.29, 1.82) is 0 Å². The number of nitrogens with zero attached hydrogens (tertiary/aromatic N) is 2. The number of benzene rings is 2. The summed E-state index contributed by atoms with van der Waals surface area (Å²) in [5.41, 5.74) is 8.93. The zero-order valence-electron chi connectivity index (χ0n) is 11.5. The molecule has 2 N–H and O–H groups in total. The number of aryl methyl sites for hydroxylation is 1. The number of nitrogens with two attached hydrogens (primary N) is 1. The van der Waals surface area contributed by atoms with Crippen LogP contribution in [0.5, 0.6) is 0 Å². The maximum absolute atomic E-state index is 10.8. The Labute approximate surface area is 117 Å². The molecule has 2 rings (SSSR count). The minimum atomic E-state index is -0.471. The van der Waals surface area contributed by atoms with Crippen LogP contribution in [0, 0.1) is 17.0 Å². The molecule has 0 radical (unpaired) electrons. The molecule has 20 heavy (non-hydrogen) atoms. The molecule has 0 fully saturated rings. The van der Waals surface area contributed by atoms with Gasteiger partial charge in [0.15, 0.2) is 0 Å². The van der Waals surface area contributed by atoms with E-state index in [0.29, 0.717) is 0 Å². The van der Waals surface area contributed by atoms with E-state index >= 15 is 0 Å². The van der Waals surface area contributed by atoms with E-state index < -0.39 is 4.92 Å². The smallest absolute Gasteiger partial charge is 0.292 e. The second kappa shape index (κ2) is 5.61. The van der Waals surface area contributed by atoms with Gasteiger partial charge in [-0.3, -0.25) is 10.1 Å². The first-order valence-electron chi connectivity index (χ1n) is 6.41. The van der Waals surface area contributed by atoms with E-state index in [0.717, 1.165) is 17.9 Å². The molecule has 2 aromatic rings. The van der Waals surface area contributed by atoms with Crippen LogP contribution >= 0.6 is 0 Å². The highest BCUT2D eigenvalue weighted by molar-refractivity contribution is 5.71. The summed E-state index contributed by atoms with van der Waals surface area (Å²) in [6.07, 6.45) is 0. The van der Waals surface area contributed by atoms with E-state index in [2.05, 4.69) is 4.90 Å². The molecule has 0 spiro atoms. The normalized spacial score (nSPS) is 10.3. The molecule has 0 saturated heterocycles. The van der Waals surface area contributed by atoms with Crippen molar-refractivity contribution in [1.82, 2.24) is 0 Å². The topological polar surface area (TPSA) is 72.4 Å². The van der Waals surface area contributed by atoms with Crippen molar-refractivity contribution < 1.29 is 4.92 Å². The monoisotopic (exact) mass is 271 g/mol. The van der Waals surface area contributed by atoms with Crippen LogP contribution in [0.2, 0.25) is 0 Å². The van der Waals surface area contributed by atoms with Gasteiger partial charge in [-0.2, -0.15) is 0 Å². The lowest BCUT2D eigenvalue weighted by atomic mass is 10.1. The number of nitrogen functional groups attached to an aromatic ring is 1. The van der Waals surface area contributed by atoms with Gasteiger partial charge in [0.25, 0.3) is 5.69 Å². The second-order valence-corrected chi connectivity index (χ2v) is 4.58. The molecular weight excluding hydrogens is 254 g/mol. The molecule has 0 saturated carbocycles. The van der Waals surface area contributed by atoms with Crippen molar-refractivity contribution in [3.63, 3.8) is 0 Å². The largest absolute Gasteiger partial charge is 0.393 e. The number of anilines is 3. The summed E-state index contributed by atoms with van der Waals surface area (Å²) in [5.74, 6) is 0. The third kappa shape index (κ3) is 2.71. The predicted octanol–water partition coefficient (Wildman–Crippen LogP) is 3.64. The molecule has 0 aliphatic rings. The van der Waals surface area contributed by atoms with Crippen LogP contribution in [0.4, 0.5) is 22.7 Å². The van der Waals surface area contributed by atoms with Gasteiger partial charge < -0.3 is 10.6 Å². The molecule has 0 amide bonds. The van der Waals surface area contributed by atoms with Gasteiger partial charge in [0.05, 0.1) is 4.92 Å². The Kier molecular flexibility index (Phi) is 3.89. The van der Waals surface area contributed by atoms with E-state index in [1.807, 2.05) is 38.1 Å². The average Bonchev–Trinajstić information content (AvgIpc) is 2.41. The Morgan fingerprint density at radius 3 is 2.25 bits per heavy atom. The lowest BCUT2D eigenvalue weighted by Crippen LogP contribution is -2.16. The molecule has 0 aliphatic heterocycles. The van der Waals surface area contributed by atoms with Gasteiger partial charge in [0.2, 0.25) is 0 Å². The molecule has 0 heterocycles. The van der Waals surface area contributed by atoms with Crippen LogP contribution < -0.4 is 10.6 Å². The van der Waals surface area contributed by atoms with Gasteiger partial charge in [-0.1, -0.05) is 17.7 Å². The van der Waals surface area contributed by atoms with Crippen LogP contribution in [0.1, 0.15) is 12.5 Å². The first-order chi connectivity index (χ1) is 9.52. The predicted molar refractivity (Wildman–Crippen MR) is 81.4 cm³/mol. The third-order valence-corrected chi connectivity index (χ3v) is 3.18. The summed E-state index contributed by atoms with van der Waals surface area (Å²) in [4.78, 5) is 12.4. The lowest BCUT2D eigenvalue weighted by molar-refractivity contribution is -0.383. The van der Waals surface area contributed by atoms with Crippen LogP contribution in [0.15, 0.2) is 42.5 Å². The molecule has 5 nitrogen and oxygen atoms in total. The maximum atomic E-state index is 10.8. The van der Waals surface area contributed by atoms with E-state index in [1.54, 1.807) is 12.1 Å². The Balaban J connectivity index is 2.39. The first kappa shape index (κ1) is 13.9. The fourth-order valence-electron chi connectivity index (χ4n) is 2.12. The molecule has 104 valence electrons. The molecule has 0 aliphatic carbocycles. The van der Waals surface area contributed by atoms with Crippen molar-refractivity contribution in [2.24, 2.45) is 0 Å². The maximum Gasteiger partial charge on any atom is 0.292 e.